The van der Waals surface area contributed by atoms with E-state index in [2.05, 4.69) is 5.32 Å². The average Bonchev–Trinajstić information content (AvgIpc) is 3.11. The predicted molar refractivity (Wildman–Crippen MR) is 82.5 cm³/mol. The van der Waals surface area contributed by atoms with Gasteiger partial charge in [-0.25, -0.2) is 13.6 Å². The Morgan fingerprint density at radius 2 is 1.83 bits per heavy atom. The summed E-state index contributed by atoms with van der Waals surface area (Å²) in [4.78, 5) is 27.6. The summed E-state index contributed by atoms with van der Waals surface area (Å²) in [7, 11) is 0. The smallest absolute Gasteiger partial charge is 0.322 e. The zero-order chi connectivity index (χ0) is 17.1. The molecule has 2 saturated heterocycles. The summed E-state index contributed by atoms with van der Waals surface area (Å²) < 4.78 is 31.8. The maximum absolute atomic E-state index is 13.6. The van der Waals surface area contributed by atoms with Crippen LogP contribution in [0.25, 0.3) is 0 Å². The summed E-state index contributed by atoms with van der Waals surface area (Å²) in [5.41, 5.74) is -0.0701. The lowest BCUT2D eigenvalue weighted by atomic mass is 10.2. The molecule has 0 radical (unpaired) electrons. The second-order valence-electron chi connectivity index (χ2n) is 5.87. The summed E-state index contributed by atoms with van der Waals surface area (Å²) in [6.07, 6.45) is 1.27. The lowest BCUT2D eigenvalue weighted by Gasteiger charge is -2.35. The summed E-state index contributed by atoms with van der Waals surface area (Å²) in [6.45, 7) is 2.15. The fourth-order valence-electron chi connectivity index (χ4n) is 2.89. The molecule has 130 valence electrons. The molecule has 2 fully saturated rings. The van der Waals surface area contributed by atoms with Crippen molar-refractivity contribution < 1.29 is 23.1 Å². The Labute approximate surface area is 138 Å². The minimum absolute atomic E-state index is 0.0304. The Hall–Kier alpha value is -2.22. The average molecular weight is 339 g/mol. The van der Waals surface area contributed by atoms with E-state index >= 15 is 0 Å². The molecule has 2 aliphatic rings. The number of carbonyl (C=O) groups excluding carboxylic acids is 2. The van der Waals surface area contributed by atoms with E-state index < -0.39 is 17.7 Å². The van der Waals surface area contributed by atoms with E-state index in [0.717, 1.165) is 18.9 Å². The van der Waals surface area contributed by atoms with Crippen LogP contribution in [0.3, 0.4) is 0 Å². The largest absolute Gasteiger partial charge is 0.368 e. The van der Waals surface area contributed by atoms with Crippen LogP contribution in [0.15, 0.2) is 18.2 Å². The fourth-order valence-corrected chi connectivity index (χ4v) is 2.89. The minimum atomic E-state index is -0.824. The number of halogens is 2. The number of ether oxygens (including phenoxy) is 1. The van der Waals surface area contributed by atoms with Crippen molar-refractivity contribution in [3.05, 3.63) is 29.8 Å². The third kappa shape index (κ3) is 3.64. The molecular formula is C16H19F2N3O3. The minimum Gasteiger partial charge on any atom is -0.368 e. The highest BCUT2D eigenvalue weighted by atomic mass is 19.1. The van der Waals surface area contributed by atoms with Crippen molar-refractivity contribution in [1.82, 2.24) is 9.80 Å². The van der Waals surface area contributed by atoms with Crippen molar-refractivity contribution in [3.8, 4) is 0 Å². The zero-order valence-electron chi connectivity index (χ0n) is 13.1. The standard InChI is InChI=1S/C16H19F2N3O3/c17-11-3-4-13(12(18)10-11)19-16(23)21-7-5-20(6-8-21)15(22)14-2-1-9-24-14/h3-4,10,14H,1-2,5-9H2,(H,19,23). The second kappa shape index (κ2) is 7.12. The number of nitrogens with zero attached hydrogens (tertiary/aromatic N) is 2. The Balaban J connectivity index is 1.52. The molecule has 6 nitrogen and oxygen atoms in total. The highest BCUT2D eigenvalue weighted by molar-refractivity contribution is 5.89. The molecule has 1 unspecified atom stereocenters. The molecule has 3 rings (SSSR count). The summed E-state index contributed by atoms with van der Waals surface area (Å²) >= 11 is 0. The van der Waals surface area contributed by atoms with Gasteiger partial charge < -0.3 is 19.9 Å². The lowest BCUT2D eigenvalue weighted by Crippen LogP contribution is -2.53. The second-order valence-corrected chi connectivity index (χ2v) is 5.87. The molecule has 8 heteroatoms. The van der Waals surface area contributed by atoms with Gasteiger partial charge >= 0.3 is 6.03 Å². The van der Waals surface area contributed by atoms with E-state index in [9.17, 15) is 18.4 Å². The summed E-state index contributed by atoms with van der Waals surface area (Å²) in [6, 6.07) is 2.51. The quantitative estimate of drug-likeness (QED) is 0.894. The van der Waals surface area contributed by atoms with Gasteiger partial charge in [0, 0.05) is 38.9 Å². The van der Waals surface area contributed by atoms with E-state index in [0.29, 0.717) is 38.9 Å². The van der Waals surface area contributed by atoms with Crippen molar-refractivity contribution in [3.63, 3.8) is 0 Å². The molecule has 0 bridgehead atoms. The van der Waals surface area contributed by atoms with Gasteiger partial charge in [-0.15, -0.1) is 0 Å². The molecule has 2 aliphatic heterocycles. The molecule has 0 aliphatic carbocycles. The molecule has 24 heavy (non-hydrogen) atoms. The highest BCUT2D eigenvalue weighted by Gasteiger charge is 2.31. The number of hydrogen-bond acceptors (Lipinski definition) is 3. The molecule has 2 heterocycles. The van der Waals surface area contributed by atoms with Crippen molar-refractivity contribution in [1.29, 1.82) is 0 Å². The monoisotopic (exact) mass is 339 g/mol. The Kier molecular flexibility index (Phi) is 4.94. The van der Waals surface area contributed by atoms with Crippen molar-refractivity contribution in [2.24, 2.45) is 0 Å². The molecule has 0 aromatic heterocycles. The number of nitrogens with one attached hydrogen (secondary N) is 1. The molecule has 0 spiro atoms. The number of benzene rings is 1. The molecule has 1 atom stereocenters. The van der Waals surface area contributed by atoms with Gasteiger partial charge in [-0.3, -0.25) is 4.79 Å². The van der Waals surface area contributed by atoms with Gasteiger partial charge in [0.05, 0.1) is 5.69 Å². The first-order valence-electron chi connectivity index (χ1n) is 7.96. The van der Waals surface area contributed by atoms with Gasteiger partial charge in [0.15, 0.2) is 0 Å². The maximum atomic E-state index is 13.6. The van der Waals surface area contributed by atoms with Crippen LogP contribution in [0.2, 0.25) is 0 Å². The molecule has 3 amide bonds. The van der Waals surface area contributed by atoms with Crippen LogP contribution in [0, 0.1) is 11.6 Å². The summed E-state index contributed by atoms with van der Waals surface area (Å²) in [5, 5.41) is 2.42. The molecule has 1 aromatic rings. The molecule has 0 saturated carbocycles. The maximum Gasteiger partial charge on any atom is 0.322 e. The van der Waals surface area contributed by atoms with Crippen LogP contribution in [0.4, 0.5) is 19.3 Å². The van der Waals surface area contributed by atoms with Crippen molar-refractivity contribution in [2.45, 2.75) is 18.9 Å². The van der Waals surface area contributed by atoms with Crippen molar-refractivity contribution in [2.75, 3.05) is 38.1 Å². The Morgan fingerprint density at radius 3 is 2.46 bits per heavy atom. The van der Waals surface area contributed by atoms with Crippen LogP contribution in [0.1, 0.15) is 12.8 Å². The molecular weight excluding hydrogens is 320 g/mol. The fraction of sp³-hybridized carbons (Fsp3) is 0.500. The number of amides is 3. The SMILES string of the molecule is O=C(Nc1ccc(F)cc1F)N1CCN(C(=O)C2CCCO2)CC1. The molecule has 1 N–H and O–H groups in total. The Morgan fingerprint density at radius 1 is 1.12 bits per heavy atom. The van der Waals surface area contributed by atoms with Crippen LogP contribution >= 0.6 is 0 Å². The highest BCUT2D eigenvalue weighted by Crippen LogP contribution is 2.18. The van der Waals surface area contributed by atoms with E-state index in [4.69, 9.17) is 4.74 Å². The predicted octanol–water partition coefficient (Wildman–Crippen LogP) is 1.82. The van der Waals surface area contributed by atoms with Gasteiger partial charge in [0.1, 0.15) is 17.7 Å². The van der Waals surface area contributed by atoms with E-state index in [1.165, 1.54) is 11.0 Å². The van der Waals surface area contributed by atoms with Crippen LogP contribution < -0.4 is 5.32 Å². The molecule has 1 aromatic carbocycles. The normalized spacial score (nSPS) is 21.0. The van der Waals surface area contributed by atoms with Gasteiger partial charge in [0.25, 0.3) is 5.91 Å². The van der Waals surface area contributed by atoms with Crippen LogP contribution in [0.5, 0.6) is 0 Å². The van der Waals surface area contributed by atoms with Gasteiger partial charge in [0.2, 0.25) is 0 Å². The summed E-state index contributed by atoms with van der Waals surface area (Å²) in [5.74, 6) is -1.56. The van der Waals surface area contributed by atoms with E-state index in [1.54, 1.807) is 4.90 Å². The number of hydrogen-bond donors (Lipinski definition) is 1. The lowest BCUT2D eigenvalue weighted by molar-refractivity contribution is -0.142. The van der Waals surface area contributed by atoms with E-state index in [-0.39, 0.29) is 17.7 Å². The Bertz CT molecular complexity index is 627. The van der Waals surface area contributed by atoms with Crippen LogP contribution in [-0.2, 0) is 9.53 Å². The third-order valence-corrected chi connectivity index (χ3v) is 4.26. The number of rotatable bonds is 2. The van der Waals surface area contributed by atoms with Crippen LogP contribution in [-0.4, -0.2) is 60.6 Å². The number of carbonyl (C=O) groups is 2. The van der Waals surface area contributed by atoms with E-state index in [1.807, 2.05) is 0 Å². The third-order valence-electron chi connectivity index (χ3n) is 4.26. The first-order valence-corrected chi connectivity index (χ1v) is 7.96. The van der Waals surface area contributed by atoms with Gasteiger partial charge in [-0.1, -0.05) is 0 Å². The topological polar surface area (TPSA) is 61.9 Å². The van der Waals surface area contributed by atoms with Crippen molar-refractivity contribution >= 4 is 17.6 Å². The number of anilines is 1. The number of urea groups is 1. The van der Waals surface area contributed by atoms with Gasteiger partial charge in [-0.05, 0) is 25.0 Å². The first kappa shape index (κ1) is 16.6. The first-order chi connectivity index (χ1) is 11.5. The number of piperazine rings is 1. The zero-order valence-corrected chi connectivity index (χ0v) is 13.1. The van der Waals surface area contributed by atoms with Gasteiger partial charge in [-0.2, -0.15) is 0 Å².